The Bertz CT molecular complexity index is 277. The van der Waals surface area contributed by atoms with Crippen LogP contribution in [0.3, 0.4) is 0 Å². The summed E-state index contributed by atoms with van der Waals surface area (Å²) >= 11 is 0. The van der Waals surface area contributed by atoms with Gasteiger partial charge in [0.05, 0.1) is 0 Å². The Morgan fingerprint density at radius 2 is 1.89 bits per heavy atom. The molecule has 0 aliphatic heterocycles. The van der Waals surface area contributed by atoms with E-state index in [1.807, 2.05) is 0 Å². The van der Waals surface area contributed by atoms with Crippen molar-refractivity contribution in [2.75, 3.05) is 6.61 Å². The highest BCUT2D eigenvalue weighted by atomic mass is 28.4. The van der Waals surface area contributed by atoms with Crippen molar-refractivity contribution in [1.82, 2.24) is 0 Å². The van der Waals surface area contributed by atoms with Crippen LogP contribution in [0.2, 0.25) is 6.04 Å². The van der Waals surface area contributed by atoms with Gasteiger partial charge in [-0.1, -0.05) is 18.8 Å². The average molecular weight is 272 g/mol. The molecule has 0 radical (unpaired) electrons. The quantitative estimate of drug-likeness (QED) is 0.372. The highest BCUT2D eigenvalue weighted by Gasteiger charge is 2.25. The van der Waals surface area contributed by atoms with Crippen LogP contribution in [0.5, 0.6) is 0 Å². The van der Waals surface area contributed by atoms with E-state index in [-0.39, 0.29) is 12.1 Å². The third-order valence-electron chi connectivity index (χ3n) is 3.01. The predicted molar refractivity (Wildman–Crippen MR) is 71.7 cm³/mol. The Labute approximate surface area is 110 Å². The molecule has 5 heteroatoms. The zero-order valence-corrected chi connectivity index (χ0v) is 11.9. The standard InChI is InChI=1S/C13H24O4Si/c14-18(15,16)12-8-4-7-11-17-13-9-5-2-1-3-6-10-13/h13-16H,1-5,7-9,11-12H2. The summed E-state index contributed by atoms with van der Waals surface area (Å²) in [5, 5.41) is 0. The lowest BCUT2D eigenvalue weighted by Crippen LogP contribution is -2.33. The molecule has 1 aliphatic carbocycles. The van der Waals surface area contributed by atoms with Crippen LogP contribution in [0.15, 0.2) is 0 Å². The van der Waals surface area contributed by atoms with Gasteiger partial charge in [0.25, 0.3) is 0 Å². The fourth-order valence-electron chi connectivity index (χ4n) is 1.97. The van der Waals surface area contributed by atoms with Crippen LogP contribution >= 0.6 is 0 Å². The summed E-state index contributed by atoms with van der Waals surface area (Å²) in [4.78, 5) is 26.5. The summed E-state index contributed by atoms with van der Waals surface area (Å²) in [6, 6.07) is 0.121. The van der Waals surface area contributed by atoms with Crippen molar-refractivity contribution in [1.29, 1.82) is 0 Å². The fourth-order valence-corrected chi connectivity index (χ4v) is 2.69. The molecule has 0 saturated carbocycles. The van der Waals surface area contributed by atoms with E-state index in [9.17, 15) is 0 Å². The van der Waals surface area contributed by atoms with E-state index in [0.717, 1.165) is 25.7 Å². The Balaban J connectivity index is 2.03. The van der Waals surface area contributed by atoms with Gasteiger partial charge >= 0.3 is 8.80 Å². The molecule has 1 rings (SSSR count). The van der Waals surface area contributed by atoms with Gasteiger partial charge in [-0.15, -0.1) is 5.92 Å². The minimum absolute atomic E-state index is 0.0762. The van der Waals surface area contributed by atoms with Crippen molar-refractivity contribution in [3.8, 4) is 11.8 Å². The van der Waals surface area contributed by atoms with Crippen molar-refractivity contribution in [2.24, 2.45) is 0 Å². The van der Waals surface area contributed by atoms with Crippen LogP contribution in [-0.2, 0) is 4.74 Å². The number of rotatable bonds is 7. The van der Waals surface area contributed by atoms with E-state index in [1.165, 1.54) is 19.3 Å². The molecule has 0 amide bonds. The van der Waals surface area contributed by atoms with E-state index in [4.69, 9.17) is 19.1 Å². The van der Waals surface area contributed by atoms with Gasteiger partial charge in [-0.05, 0) is 32.1 Å². The zero-order valence-electron chi connectivity index (χ0n) is 10.9. The van der Waals surface area contributed by atoms with Crippen LogP contribution in [0, 0.1) is 11.8 Å². The zero-order chi connectivity index (χ0) is 13.3. The van der Waals surface area contributed by atoms with Gasteiger partial charge in [0.1, 0.15) is 6.10 Å². The molecule has 0 saturated heterocycles. The largest absolute Gasteiger partial charge is 0.492 e. The second-order valence-corrected chi connectivity index (χ2v) is 6.91. The van der Waals surface area contributed by atoms with E-state index < -0.39 is 8.80 Å². The molecular weight excluding hydrogens is 248 g/mol. The maximum Gasteiger partial charge on any atom is 0.492 e. The SMILES string of the molecule is O[Si](O)(O)CCCCCOC1C#CCCCCC1. The van der Waals surface area contributed by atoms with E-state index in [0.29, 0.717) is 13.0 Å². The summed E-state index contributed by atoms with van der Waals surface area (Å²) < 4.78 is 5.70. The molecule has 4 nitrogen and oxygen atoms in total. The maximum absolute atomic E-state index is 8.84. The number of unbranched alkanes of at least 4 members (excludes halogenated alkanes) is 2. The normalized spacial score (nSPS) is 20.7. The van der Waals surface area contributed by atoms with Gasteiger partial charge in [0.15, 0.2) is 0 Å². The van der Waals surface area contributed by atoms with Crippen molar-refractivity contribution < 1.29 is 19.1 Å². The van der Waals surface area contributed by atoms with Crippen molar-refractivity contribution >= 4 is 8.80 Å². The highest BCUT2D eigenvalue weighted by Crippen LogP contribution is 2.12. The molecule has 0 bridgehead atoms. The molecule has 18 heavy (non-hydrogen) atoms. The first-order valence-corrected chi connectivity index (χ1v) is 8.90. The maximum atomic E-state index is 8.84. The monoisotopic (exact) mass is 272 g/mol. The summed E-state index contributed by atoms with van der Waals surface area (Å²) in [6.07, 6.45) is 8.07. The van der Waals surface area contributed by atoms with Crippen LogP contribution in [0.25, 0.3) is 0 Å². The first-order chi connectivity index (χ1) is 8.58. The molecule has 0 aromatic carbocycles. The third kappa shape index (κ3) is 8.67. The molecule has 1 atom stereocenters. The minimum atomic E-state index is -3.83. The summed E-state index contributed by atoms with van der Waals surface area (Å²) in [5.74, 6) is 6.29. The summed E-state index contributed by atoms with van der Waals surface area (Å²) in [6.45, 7) is 0.663. The first-order valence-electron chi connectivity index (χ1n) is 6.85. The molecule has 0 spiro atoms. The van der Waals surface area contributed by atoms with E-state index >= 15 is 0 Å². The van der Waals surface area contributed by atoms with Gasteiger partial charge in [0, 0.05) is 19.1 Å². The summed E-state index contributed by atoms with van der Waals surface area (Å²) in [7, 11) is -3.83. The second kappa shape index (κ2) is 8.67. The number of ether oxygens (including phenoxy) is 1. The Hall–Kier alpha value is -0.383. The third-order valence-corrected chi connectivity index (χ3v) is 4.03. The molecule has 0 fully saturated rings. The van der Waals surface area contributed by atoms with Gasteiger partial charge in [-0.25, -0.2) is 0 Å². The Morgan fingerprint density at radius 1 is 1.06 bits per heavy atom. The molecule has 1 unspecified atom stereocenters. The van der Waals surface area contributed by atoms with Crippen molar-refractivity contribution in [2.45, 2.75) is 63.5 Å². The molecule has 0 heterocycles. The van der Waals surface area contributed by atoms with Crippen LogP contribution < -0.4 is 0 Å². The van der Waals surface area contributed by atoms with Crippen LogP contribution in [-0.4, -0.2) is 35.9 Å². The topological polar surface area (TPSA) is 69.9 Å². The summed E-state index contributed by atoms with van der Waals surface area (Å²) in [5.41, 5.74) is 0. The van der Waals surface area contributed by atoms with Crippen molar-refractivity contribution in [3.05, 3.63) is 0 Å². The minimum Gasteiger partial charge on any atom is -0.390 e. The highest BCUT2D eigenvalue weighted by molar-refractivity contribution is 6.56. The molecular formula is C13H24O4Si. The Morgan fingerprint density at radius 3 is 2.67 bits per heavy atom. The van der Waals surface area contributed by atoms with Gasteiger partial charge in [0.2, 0.25) is 0 Å². The lowest BCUT2D eigenvalue weighted by atomic mass is 10.1. The van der Waals surface area contributed by atoms with E-state index in [2.05, 4.69) is 11.8 Å². The lowest BCUT2D eigenvalue weighted by Gasteiger charge is -2.14. The first kappa shape index (κ1) is 15.7. The Kier molecular flexibility index (Phi) is 7.55. The molecule has 104 valence electrons. The average Bonchev–Trinajstić information content (AvgIpc) is 2.23. The predicted octanol–water partition coefficient (Wildman–Crippen LogP) is 1.43. The van der Waals surface area contributed by atoms with Crippen LogP contribution in [0.1, 0.15) is 51.4 Å². The molecule has 0 aromatic rings. The second-order valence-electron chi connectivity index (χ2n) is 4.86. The lowest BCUT2D eigenvalue weighted by molar-refractivity contribution is 0.0801. The smallest absolute Gasteiger partial charge is 0.390 e. The molecule has 1 aliphatic rings. The number of hydrogen-bond acceptors (Lipinski definition) is 4. The molecule has 0 aromatic heterocycles. The van der Waals surface area contributed by atoms with Gasteiger partial charge in [-0.2, -0.15) is 0 Å². The van der Waals surface area contributed by atoms with Gasteiger partial charge in [-0.3, -0.25) is 0 Å². The van der Waals surface area contributed by atoms with E-state index in [1.54, 1.807) is 0 Å². The van der Waals surface area contributed by atoms with Gasteiger partial charge < -0.3 is 19.1 Å². The van der Waals surface area contributed by atoms with Crippen molar-refractivity contribution in [3.63, 3.8) is 0 Å². The van der Waals surface area contributed by atoms with Crippen LogP contribution in [0.4, 0.5) is 0 Å². The number of hydrogen-bond donors (Lipinski definition) is 3. The molecule has 3 N–H and O–H groups in total. The fraction of sp³-hybridized carbons (Fsp3) is 0.846.